The quantitative estimate of drug-likeness (QED) is 0.519. The Labute approximate surface area is 71.8 Å². The number of benzene rings is 1. The van der Waals surface area contributed by atoms with Crippen LogP contribution in [0.15, 0.2) is 30.4 Å². The van der Waals surface area contributed by atoms with E-state index >= 15 is 0 Å². The zero-order valence-corrected chi connectivity index (χ0v) is 6.99. The Morgan fingerprint density at radius 1 is 1.33 bits per heavy atom. The Kier molecular flexibility index (Phi) is 2.75. The van der Waals surface area contributed by atoms with Crippen LogP contribution in [-0.4, -0.2) is 10.2 Å². The molecular formula is C10H12O2. The van der Waals surface area contributed by atoms with Gasteiger partial charge in [-0.15, -0.1) is 0 Å². The molecule has 0 saturated carbocycles. The van der Waals surface area contributed by atoms with Crippen molar-refractivity contribution >= 4 is 0 Å². The third-order valence-electron chi connectivity index (χ3n) is 1.64. The predicted octanol–water partition coefficient (Wildman–Crippen LogP) is 2.22. The molecule has 12 heavy (non-hydrogen) atoms. The van der Waals surface area contributed by atoms with Crippen LogP contribution in [-0.2, 0) is 6.42 Å². The Morgan fingerprint density at radius 3 is 2.75 bits per heavy atom. The van der Waals surface area contributed by atoms with Crippen molar-refractivity contribution in [3.8, 4) is 11.5 Å². The van der Waals surface area contributed by atoms with Gasteiger partial charge in [0.2, 0.25) is 0 Å². The van der Waals surface area contributed by atoms with Gasteiger partial charge in [-0.05, 0) is 31.5 Å². The van der Waals surface area contributed by atoms with Crippen LogP contribution in [0.5, 0.6) is 11.5 Å². The van der Waals surface area contributed by atoms with E-state index in [1.807, 2.05) is 19.1 Å². The summed E-state index contributed by atoms with van der Waals surface area (Å²) in [5, 5.41) is 18.4. The molecule has 0 amide bonds. The monoisotopic (exact) mass is 164 g/mol. The van der Waals surface area contributed by atoms with E-state index in [0.717, 1.165) is 5.56 Å². The first-order valence-electron chi connectivity index (χ1n) is 3.86. The predicted molar refractivity (Wildman–Crippen MR) is 48.3 cm³/mol. The fourth-order valence-electron chi connectivity index (χ4n) is 0.980. The lowest BCUT2D eigenvalue weighted by Crippen LogP contribution is -1.81. The molecule has 0 aromatic heterocycles. The van der Waals surface area contributed by atoms with Crippen LogP contribution in [0.2, 0.25) is 0 Å². The Bertz CT molecular complexity index is 290. The first kappa shape index (κ1) is 8.65. The van der Waals surface area contributed by atoms with Crippen molar-refractivity contribution in [2.45, 2.75) is 13.3 Å². The molecule has 0 saturated heterocycles. The van der Waals surface area contributed by atoms with Gasteiger partial charge in [-0.2, -0.15) is 0 Å². The van der Waals surface area contributed by atoms with Gasteiger partial charge in [0.25, 0.3) is 0 Å². The highest BCUT2D eigenvalue weighted by Gasteiger charge is 1.99. The summed E-state index contributed by atoms with van der Waals surface area (Å²) >= 11 is 0. The molecule has 1 rings (SSSR count). The summed E-state index contributed by atoms with van der Waals surface area (Å²) in [4.78, 5) is 0. The first-order chi connectivity index (χ1) is 5.74. The Balaban J connectivity index is 2.89. The number of hydrogen-bond acceptors (Lipinski definition) is 2. The number of phenols is 2. The van der Waals surface area contributed by atoms with Crippen molar-refractivity contribution in [3.05, 3.63) is 35.9 Å². The van der Waals surface area contributed by atoms with E-state index in [4.69, 9.17) is 5.11 Å². The molecule has 0 fully saturated rings. The van der Waals surface area contributed by atoms with Crippen LogP contribution in [0.1, 0.15) is 12.5 Å². The summed E-state index contributed by atoms with van der Waals surface area (Å²) < 4.78 is 0. The molecule has 0 atom stereocenters. The Morgan fingerprint density at radius 2 is 2.08 bits per heavy atom. The SMILES string of the molecule is C/C=C\Cc1cc(O)ccc1O. The van der Waals surface area contributed by atoms with Gasteiger partial charge in [-0.3, -0.25) is 0 Å². The molecule has 0 aliphatic rings. The average Bonchev–Trinajstić information content (AvgIpc) is 2.07. The summed E-state index contributed by atoms with van der Waals surface area (Å²) in [6.45, 7) is 1.92. The van der Waals surface area contributed by atoms with Gasteiger partial charge < -0.3 is 10.2 Å². The third-order valence-corrected chi connectivity index (χ3v) is 1.64. The molecule has 0 spiro atoms. The lowest BCUT2D eigenvalue weighted by molar-refractivity contribution is 0.455. The van der Waals surface area contributed by atoms with E-state index in [2.05, 4.69) is 0 Å². The third kappa shape index (κ3) is 2.02. The van der Waals surface area contributed by atoms with Gasteiger partial charge in [-0.1, -0.05) is 12.2 Å². The lowest BCUT2D eigenvalue weighted by Gasteiger charge is -2.01. The fourth-order valence-corrected chi connectivity index (χ4v) is 0.980. The van der Waals surface area contributed by atoms with Crippen LogP contribution in [0.3, 0.4) is 0 Å². The second-order valence-electron chi connectivity index (χ2n) is 2.59. The smallest absolute Gasteiger partial charge is 0.119 e. The summed E-state index contributed by atoms with van der Waals surface area (Å²) in [7, 11) is 0. The summed E-state index contributed by atoms with van der Waals surface area (Å²) in [5.74, 6) is 0.415. The number of allylic oxidation sites excluding steroid dienone is 2. The molecule has 0 bridgehead atoms. The van der Waals surface area contributed by atoms with Crippen molar-refractivity contribution in [1.29, 1.82) is 0 Å². The standard InChI is InChI=1S/C10H12O2/c1-2-3-4-8-7-9(11)5-6-10(8)12/h2-3,5-7,11-12H,4H2,1H3/b3-2-. The summed E-state index contributed by atoms with van der Waals surface area (Å²) in [6, 6.07) is 4.53. The van der Waals surface area contributed by atoms with Crippen LogP contribution in [0.4, 0.5) is 0 Å². The van der Waals surface area contributed by atoms with Crippen LogP contribution in [0.25, 0.3) is 0 Å². The van der Waals surface area contributed by atoms with Crippen molar-refractivity contribution in [1.82, 2.24) is 0 Å². The second-order valence-corrected chi connectivity index (χ2v) is 2.59. The highest BCUT2D eigenvalue weighted by molar-refractivity contribution is 5.39. The minimum atomic E-state index is 0.187. The summed E-state index contributed by atoms with van der Waals surface area (Å²) in [6.07, 6.45) is 4.48. The van der Waals surface area contributed by atoms with Gasteiger partial charge in [0.1, 0.15) is 11.5 Å². The molecule has 0 heterocycles. The normalized spacial score (nSPS) is 10.8. The second kappa shape index (κ2) is 3.81. The van der Waals surface area contributed by atoms with Crippen LogP contribution < -0.4 is 0 Å². The maximum atomic E-state index is 9.32. The molecule has 1 aromatic carbocycles. The summed E-state index contributed by atoms with van der Waals surface area (Å²) in [5.41, 5.74) is 0.744. The maximum absolute atomic E-state index is 9.32. The van der Waals surface area contributed by atoms with Crippen molar-refractivity contribution in [2.24, 2.45) is 0 Å². The number of hydrogen-bond donors (Lipinski definition) is 2. The molecule has 64 valence electrons. The van der Waals surface area contributed by atoms with E-state index < -0.39 is 0 Å². The van der Waals surface area contributed by atoms with Gasteiger partial charge in [0.15, 0.2) is 0 Å². The molecule has 2 heteroatoms. The largest absolute Gasteiger partial charge is 0.508 e. The Hall–Kier alpha value is -1.44. The number of aromatic hydroxyl groups is 2. The van der Waals surface area contributed by atoms with E-state index in [1.165, 1.54) is 12.1 Å². The molecule has 0 unspecified atom stereocenters. The van der Waals surface area contributed by atoms with Gasteiger partial charge in [-0.25, -0.2) is 0 Å². The minimum absolute atomic E-state index is 0.187. The van der Waals surface area contributed by atoms with E-state index in [1.54, 1.807) is 6.07 Å². The van der Waals surface area contributed by atoms with E-state index in [0.29, 0.717) is 6.42 Å². The number of rotatable bonds is 2. The lowest BCUT2D eigenvalue weighted by atomic mass is 10.1. The topological polar surface area (TPSA) is 40.5 Å². The number of phenolic OH excluding ortho intramolecular Hbond substituents is 2. The van der Waals surface area contributed by atoms with Crippen LogP contribution >= 0.6 is 0 Å². The van der Waals surface area contributed by atoms with E-state index in [9.17, 15) is 5.11 Å². The van der Waals surface area contributed by atoms with Crippen molar-refractivity contribution in [3.63, 3.8) is 0 Å². The van der Waals surface area contributed by atoms with Gasteiger partial charge >= 0.3 is 0 Å². The van der Waals surface area contributed by atoms with E-state index in [-0.39, 0.29) is 11.5 Å². The van der Waals surface area contributed by atoms with Crippen molar-refractivity contribution in [2.75, 3.05) is 0 Å². The molecule has 2 N–H and O–H groups in total. The molecule has 1 aromatic rings. The minimum Gasteiger partial charge on any atom is -0.508 e. The average molecular weight is 164 g/mol. The molecule has 0 aliphatic carbocycles. The maximum Gasteiger partial charge on any atom is 0.119 e. The molecular weight excluding hydrogens is 152 g/mol. The first-order valence-corrected chi connectivity index (χ1v) is 3.86. The molecule has 2 nitrogen and oxygen atoms in total. The fraction of sp³-hybridized carbons (Fsp3) is 0.200. The zero-order valence-electron chi connectivity index (χ0n) is 6.99. The van der Waals surface area contributed by atoms with Gasteiger partial charge in [0.05, 0.1) is 0 Å². The van der Waals surface area contributed by atoms with Crippen LogP contribution in [0, 0.1) is 0 Å². The highest BCUT2D eigenvalue weighted by Crippen LogP contribution is 2.22. The molecule has 0 aliphatic heterocycles. The molecule has 0 radical (unpaired) electrons. The van der Waals surface area contributed by atoms with Crippen molar-refractivity contribution < 1.29 is 10.2 Å². The zero-order chi connectivity index (χ0) is 8.97. The van der Waals surface area contributed by atoms with Gasteiger partial charge in [0, 0.05) is 5.56 Å². The highest BCUT2D eigenvalue weighted by atomic mass is 16.3.